The standard InChI is InChI=1S/C23H43N7O5/c1-5-14(4)18(29-19(31)15(24)8-6-10-27-23(25)26)20(32)28-16(12-13(2)3)21(33)30-11-7-9-17(30)22(34)35/h13-18H,5-12,24H2,1-4H3,(H,28,32)(H,29,31)(H,34,35)(H4,25,26,27). The summed E-state index contributed by atoms with van der Waals surface area (Å²) in [6.45, 7) is 8.23. The first-order chi connectivity index (χ1) is 16.4. The van der Waals surface area contributed by atoms with Crippen molar-refractivity contribution in [1.82, 2.24) is 15.5 Å². The summed E-state index contributed by atoms with van der Waals surface area (Å²) >= 11 is 0. The SMILES string of the molecule is CCC(C)C(NC(=O)C(N)CCCN=C(N)N)C(=O)NC(CC(C)C)C(=O)N1CCCC1C(=O)O. The predicted molar refractivity (Wildman–Crippen MR) is 133 cm³/mol. The van der Waals surface area contributed by atoms with Crippen LogP contribution in [0.15, 0.2) is 4.99 Å². The molecule has 0 aliphatic carbocycles. The first-order valence-electron chi connectivity index (χ1n) is 12.3. The summed E-state index contributed by atoms with van der Waals surface area (Å²) in [5.41, 5.74) is 16.6. The molecule has 0 radical (unpaired) electrons. The highest BCUT2D eigenvalue weighted by atomic mass is 16.4. The molecule has 35 heavy (non-hydrogen) atoms. The molecule has 1 aliphatic rings. The van der Waals surface area contributed by atoms with Gasteiger partial charge in [0.2, 0.25) is 17.7 Å². The molecule has 12 heteroatoms. The number of nitrogens with zero attached hydrogens (tertiary/aromatic N) is 2. The Morgan fingerprint density at radius 1 is 1.11 bits per heavy atom. The lowest BCUT2D eigenvalue weighted by Gasteiger charge is -2.31. The zero-order valence-electron chi connectivity index (χ0n) is 21.3. The van der Waals surface area contributed by atoms with Crippen LogP contribution < -0.4 is 27.8 Å². The van der Waals surface area contributed by atoms with Crippen LogP contribution in [0, 0.1) is 11.8 Å². The first-order valence-corrected chi connectivity index (χ1v) is 12.3. The molecule has 200 valence electrons. The van der Waals surface area contributed by atoms with E-state index in [-0.39, 0.29) is 17.8 Å². The van der Waals surface area contributed by atoms with E-state index in [1.165, 1.54) is 4.90 Å². The van der Waals surface area contributed by atoms with Crippen molar-refractivity contribution >= 4 is 29.7 Å². The number of amides is 3. The summed E-state index contributed by atoms with van der Waals surface area (Å²) < 4.78 is 0. The largest absolute Gasteiger partial charge is 0.480 e. The van der Waals surface area contributed by atoms with Gasteiger partial charge in [0.25, 0.3) is 0 Å². The zero-order valence-corrected chi connectivity index (χ0v) is 21.3. The Morgan fingerprint density at radius 2 is 1.77 bits per heavy atom. The summed E-state index contributed by atoms with van der Waals surface area (Å²) in [4.78, 5) is 55.9. The van der Waals surface area contributed by atoms with Crippen LogP contribution in [-0.2, 0) is 19.2 Å². The van der Waals surface area contributed by atoms with Gasteiger partial charge in [-0.15, -0.1) is 0 Å². The van der Waals surface area contributed by atoms with Gasteiger partial charge in [-0.2, -0.15) is 0 Å². The van der Waals surface area contributed by atoms with Gasteiger partial charge in [-0.05, 0) is 43.9 Å². The Hall–Kier alpha value is -2.89. The molecule has 9 N–H and O–H groups in total. The van der Waals surface area contributed by atoms with Crippen LogP contribution in [0.3, 0.4) is 0 Å². The zero-order chi connectivity index (χ0) is 26.7. The highest BCUT2D eigenvalue weighted by Crippen LogP contribution is 2.21. The lowest BCUT2D eigenvalue weighted by molar-refractivity contribution is -0.149. The number of guanidine groups is 1. The van der Waals surface area contributed by atoms with Crippen LogP contribution >= 0.6 is 0 Å². The van der Waals surface area contributed by atoms with Gasteiger partial charge in [-0.1, -0.05) is 34.1 Å². The molecule has 3 amide bonds. The fourth-order valence-electron chi connectivity index (χ4n) is 4.05. The van der Waals surface area contributed by atoms with E-state index in [1.54, 1.807) is 0 Å². The minimum absolute atomic E-state index is 0.0365. The molecule has 1 fully saturated rings. The van der Waals surface area contributed by atoms with Crippen LogP contribution in [0.25, 0.3) is 0 Å². The molecule has 0 bridgehead atoms. The molecular formula is C23H43N7O5. The first kappa shape index (κ1) is 30.1. The third-order valence-corrected chi connectivity index (χ3v) is 6.24. The van der Waals surface area contributed by atoms with Crippen LogP contribution in [0.2, 0.25) is 0 Å². The number of carbonyl (C=O) groups is 4. The quantitative estimate of drug-likeness (QED) is 0.104. The van der Waals surface area contributed by atoms with Crippen LogP contribution in [0.1, 0.15) is 66.2 Å². The van der Waals surface area contributed by atoms with E-state index in [0.717, 1.165) is 0 Å². The number of aliphatic carboxylic acids is 1. The fourth-order valence-corrected chi connectivity index (χ4v) is 4.05. The Balaban J connectivity index is 2.93. The van der Waals surface area contributed by atoms with Crippen LogP contribution in [0.4, 0.5) is 0 Å². The van der Waals surface area contributed by atoms with Gasteiger partial charge in [-0.3, -0.25) is 19.4 Å². The van der Waals surface area contributed by atoms with Crippen molar-refractivity contribution in [3.8, 4) is 0 Å². The summed E-state index contributed by atoms with van der Waals surface area (Å²) in [6.07, 6.45) is 2.76. The van der Waals surface area contributed by atoms with E-state index in [2.05, 4.69) is 15.6 Å². The van der Waals surface area contributed by atoms with Crippen molar-refractivity contribution in [2.75, 3.05) is 13.1 Å². The van der Waals surface area contributed by atoms with Crippen molar-refractivity contribution in [3.05, 3.63) is 0 Å². The number of hydrogen-bond donors (Lipinski definition) is 6. The number of carboxylic acids is 1. The lowest BCUT2D eigenvalue weighted by atomic mass is 9.96. The monoisotopic (exact) mass is 497 g/mol. The number of nitrogens with two attached hydrogens (primary N) is 3. The van der Waals surface area contributed by atoms with Crippen molar-refractivity contribution in [2.24, 2.45) is 34.0 Å². The molecule has 1 rings (SSSR count). The summed E-state index contributed by atoms with van der Waals surface area (Å²) in [5, 5.41) is 15.0. The Morgan fingerprint density at radius 3 is 2.31 bits per heavy atom. The van der Waals surface area contributed by atoms with E-state index in [0.29, 0.717) is 51.6 Å². The maximum absolute atomic E-state index is 13.3. The normalized spacial score (nSPS) is 18.9. The lowest BCUT2D eigenvalue weighted by Crippen LogP contribution is -2.58. The number of aliphatic imine (C=N–C) groups is 1. The number of carbonyl (C=O) groups excluding carboxylic acids is 3. The molecule has 0 aromatic carbocycles. The van der Waals surface area contributed by atoms with Crippen LogP contribution in [0.5, 0.6) is 0 Å². The average Bonchev–Trinajstić information content (AvgIpc) is 3.28. The maximum atomic E-state index is 13.3. The summed E-state index contributed by atoms with van der Waals surface area (Å²) in [5.74, 6) is -2.62. The van der Waals surface area contributed by atoms with Crippen molar-refractivity contribution in [2.45, 2.75) is 90.4 Å². The van der Waals surface area contributed by atoms with E-state index in [1.807, 2.05) is 27.7 Å². The number of rotatable bonds is 14. The number of hydrogen-bond acceptors (Lipinski definition) is 6. The highest BCUT2D eigenvalue weighted by Gasteiger charge is 2.39. The third-order valence-electron chi connectivity index (χ3n) is 6.24. The molecule has 1 saturated heterocycles. The van der Waals surface area contributed by atoms with Gasteiger partial charge < -0.3 is 37.8 Å². The minimum Gasteiger partial charge on any atom is -0.480 e. The van der Waals surface area contributed by atoms with E-state index >= 15 is 0 Å². The predicted octanol–water partition coefficient (Wildman–Crippen LogP) is -0.495. The second kappa shape index (κ2) is 14.5. The van der Waals surface area contributed by atoms with Gasteiger partial charge >= 0.3 is 5.97 Å². The molecule has 5 unspecified atom stereocenters. The highest BCUT2D eigenvalue weighted by molar-refractivity contribution is 5.94. The van der Waals surface area contributed by atoms with Crippen LogP contribution in [-0.4, -0.2) is 76.9 Å². The van der Waals surface area contributed by atoms with E-state index in [9.17, 15) is 24.3 Å². The maximum Gasteiger partial charge on any atom is 0.326 e. The topological polar surface area (TPSA) is 206 Å². The second-order valence-corrected chi connectivity index (χ2v) is 9.65. The van der Waals surface area contributed by atoms with E-state index in [4.69, 9.17) is 17.2 Å². The summed E-state index contributed by atoms with van der Waals surface area (Å²) in [7, 11) is 0. The average molecular weight is 498 g/mol. The number of nitrogens with one attached hydrogen (secondary N) is 2. The number of carboxylic acid groups (broad SMARTS) is 1. The molecule has 12 nitrogen and oxygen atoms in total. The molecule has 0 spiro atoms. The molecule has 1 heterocycles. The van der Waals surface area contributed by atoms with Crippen molar-refractivity contribution in [3.63, 3.8) is 0 Å². The minimum atomic E-state index is -1.05. The fraction of sp³-hybridized carbons (Fsp3) is 0.783. The van der Waals surface area contributed by atoms with E-state index < -0.39 is 47.9 Å². The Labute approximate surface area is 207 Å². The Bertz CT molecular complexity index is 769. The third kappa shape index (κ3) is 9.71. The van der Waals surface area contributed by atoms with Gasteiger partial charge in [0, 0.05) is 13.1 Å². The van der Waals surface area contributed by atoms with Gasteiger partial charge in [0.05, 0.1) is 6.04 Å². The smallest absolute Gasteiger partial charge is 0.326 e. The van der Waals surface area contributed by atoms with Gasteiger partial charge in [0.15, 0.2) is 5.96 Å². The Kier molecular flexibility index (Phi) is 12.5. The van der Waals surface area contributed by atoms with Crippen molar-refractivity contribution in [1.29, 1.82) is 0 Å². The van der Waals surface area contributed by atoms with Gasteiger partial charge in [0.1, 0.15) is 18.1 Å². The molecule has 0 saturated carbocycles. The second-order valence-electron chi connectivity index (χ2n) is 9.65. The van der Waals surface area contributed by atoms with Gasteiger partial charge in [-0.25, -0.2) is 4.79 Å². The molecule has 5 atom stereocenters. The molecule has 0 aromatic heterocycles. The summed E-state index contributed by atoms with van der Waals surface area (Å²) in [6, 6.07) is -3.53. The molecular weight excluding hydrogens is 454 g/mol. The van der Waals surface area contributed by atoms with Crippen molar-refractivity contribution < 1.29 is 24.3 Å². The number of likely N-dealkylation sites (tertiary alicyclic amines) is 1. The molecule has 0 aromatic rings. The molecule has 1 aliphatic heterocycles.